The average Bonchev–Trinajstić information content (AvgIpc) is 2.40. The van der Waals surface area contributed by atoms with Crippen LogP contribution in [-0.4, -0.2) is 50.1 Å². The van der Waals surface area contributed by atoms with Crippen LogP contribution in [0.25, 0.3) is 0 Å². The molecule has 0 aliphatic carbocycles. The zero-order chi connectivity index (χ0) is 15.1. The molecule has 0 heterocycles. The van der Waals surface area contributed by atoms with Gasteiger partial charge in [0.2, 0.25) is 0 Å². The van der Waals surface area contributed by atoms with Gasteiger partial charge >= 0.3 is 0 Å². The van der Waals surface area contributed by atoms with Crippen LogP contribution in [0.2, 0.25) is 5.02 Å². The normalized spacial score (nSPS) is 13.2. The first kappa shape index (κ1) is 17.4. The van der Waals surface area contributed by atoms with Crippen LogP contribution in [0.1, 0.15) is 24.9 Å². The van der Waals surface area contributed by atoms with Crippen LogP contribution in [0.4, 0.5) is 4.39 Å². The first-order chi connectivity index (χ1) is 9.49. The van der Waals surface area contributed by atoms with Crippen LogP contribution < -0.4 is 5.73 Å². The molecule has 0 saturated carbocycles. The van der Waals surface area contributed by atoms with Gasteiger partial charge in [-0.3, -0.25) is 4.90 Å². The lowest BCUT2D eigenvalue weighted by Gasteiger charge is -2.32. The number of hydrogen-bond acceptors (Lipinski definition) is 3. The lowest BCUT2D eigenvalue weighted by atomic mass is 10.0. The summed E-state index contributed by atoms with van der Waals surface area (Å²) < 4.78 is 14.1. The van der Waals surface area contributed by atoms with Crippen molar-refractivity contribution in [1.82, 2.24) is 9.80 Å². The molecule has 0 radical (unpaired) electrons. The average molecular weight is 302 g/mol. The van der Waals surface area contributed by atoms with Gasteiger partial charge in [0.15, 0.2) is 0 Å². The van der Waals surface area contributed by atoms with Crippen LogP contribution in [0.3, 0.4) is 0 Å². The van der Waals surface area contributed by atoms with E-state index in [-0.39, 0.29) is 11.9 Å². The summed E-state index contributed by atoms with van der Waals surface area (Å²) in [5.41, 5.74) is 6.49. The highest BCUT2D eigenvalue weighted by atomic mass is 35.5. The summed E-state index contributed by atoms with van der Waals surface area (Å²) in [6, 6.07) is 4.54. The lowest BCUT2D eigenvalue weighted by Crippen LogP contribution is -2.39. The van der Waals surface area contributed by atoms with E-state index in [0.717, 1.165) is 26.1 Å². The van der Waals surface area contributed by atoms with Crippen molar-refractivity contribution < 1.29 is 4.39 Å². The van der Waals surface area contributed by atoms with Crippen molar-refractivity contribution in [3.8, 4) is 0 Å². The summed E-state index contributed by atoms with van der Waals surface area (Å²) in [5, 5.41) is 0.545. The number of benzene rings is 1. The molecule has 0 aliphatic heterocycles. The Kier molecular flexibility index (Phi) is 7.45. The molecular formula is C15H25ClFN3. The summed E-state index contributed by atoms with van der Waals surface area (Å²) in [6.07, 6.45) is 1.01. The first-order valence-corrected chi connectivity index (χ1v) is 7.41. The predicted molar refractivity (Wildman–Crippen MR) is 83.6 cm³/mol. The highest BCUT2D eigenvalue weighted by Gasteiger charge is 2.21. The van der Waals surface area contributed by atoms with Gasteiger partial charge in [-0.1, -0.05) is 18.5 Å². The summed E-state index contributed by atoms with van der Waals surface area (Å²) in [4.78, 5) is 4.35. The Balaban J connectivity index is 2.96. The molecule has 0 fully saturated rings. The van der Waals surface area contributed by atoms with Gasteiger partial charge in [-0.25, -0.2) is 4.39 Å². The molecule has 1 rings (SSSR count). The minimum Gasteiger partial charge on any atom is -0.329 e. The molecule has 1 aromatic rings. The van der Waals surface area contributed by atoms with E-state index in [0.29, 0.717) is 17.1 Å². The summed E-state index contributed by atoms with van der Waals surface area (Å²) in [5.74, 6) is -0.240. The molecule has 0 amide bonds. The first-order valence-electron chi connectivity index (χ1n) is 7.03. The predicted octanol–water partition coefficient (Wildman–Crippen LogP) is 2.75. The SMILES string of the molecule is CCCN(CCN(C)C)C(CN)c1cc(Cl)ccc1F. The molecule has 1 unspecified atom stereocenters. The summed E-state index contributed by atoms with van der Waals surface area (Å²) >= 11 is 5.99. The van der Waals surface area contributed by atoms with Gasteiger partial charge in [-0.15, -0.1) is 0 Å². The van der Waals surface area contributed by atoms with Crippen molar-refractivity contribution in [3.63, 3.8) is 0 Å². The van der Waals surface area contributed by atoms with E-state index >= 15 is 0 Å². The molecule has 1 atom stereocenters. The molecule has 0 saturated heterocycles. The number of hydrogen-bond donors (Lipinski definition) is 1. The van der Waals surface area contributed by atoms with Gasteiger partial charge in [0.05, 0.1) is 0 Å². The standard InChI is InChI=1S/C15H25ClFN3/c1-4-7-20(9-8-19(2)3)15(11-18)13-10-12(16)5-6-14(13)17/h5-6,10,15H,4,7-9,11,18H2,1-3H3. The van der Waals surface area contributed by atoms with Crippen molar-refractivity contribution >= 4 is 11.6 Å². The second-order valence-electron chi connectivity index (χ2n) is 5.26. The van der Waals surface area contributed by atoms with Gasteiger partial charge in [-0.05, 0) is 45.3 Å². The molecule has 0 aliphatic rings. The Hall–Kier alpha value is -0.680. The Morgan fingerprint density at radius 2 is 1.95 bits per heavy atom. The second kappa shape index (κ2) is 8.57. The monoisotopic (exact) mass is 301 g/mol. The van der Waals surface area contributed by atoms with E-state index in [1.54, 1.807) is 12.1 Å². The third-order valence-electron chi connectivity index (χ3n) is 3.33. The topological polar surface area (TPSA) is 32.5 Å². The van der Waals surface area contributed by atoms with Gasteiger partial charge in [0, 0.05) is 36.3 Å². The number of nitrogens with two attached hydrogens (primary N) is 1. The molecule has 114 valence electrons. The Morgan fingerprint density at radius 3 is 2.50 bits per heavy atom. The Morgan fingerprint density at radius 1 is 1.25 bits per heavy atom. The van der Waals surface area contributed by atoms with Crippen molar-refractivity contribution in [2.45, 2.75) is 19.4 Å². The number of halogens is 2. The second-order valence-corrected chi connectivity index (χ2v) is 5.69. The number of nitrogens with zero attached hydrogens (tertiary/aromatic N) is 2. The van der Waals surface area contributed by atoms with Gasteiger partial charge in [-0.2, -0.15) is 0 Å². The molecule has 2 N–H and O–H groups in total. The van der Waals surface area contributed by atoms with E-state index in [1.165, 1.54) is 6.07 Å². The van der Waals surface area contributed by atoms with E-state index in [1.807, 2.05) is 14.1 Å². The van der Waals surface area contributed by atoms with Crippen LogP contribution in [0, 0.1) is 5.82 Å². The van der Waals surface area contributed by atoms with E-state index in [9.17, 15) is 4.39 Å². The van der Waals surface area contributed by atoms with Crippen molar-refractivity contribution in [2.24, 2.45) is 5.73 Å². The number of likely N-dealkylation sites (N-methyl/N-ethyl adjacent to an activating group) is 1. The highest BCUT2D eigenvalue weighted by molar-refractivity contribution is 6.30. The lowest BCUT2D eigenvalue weighted by molar-refractivity contribution is 0.179. The maximum absolute atomic E-state index is 14.1. The minimum atomic E-state index is -0.240. The Bertz CT molecular complexity index is 412. The molecule has 0 spiro atoms. The zero-order valence-electron chi connectivity index (χ0n) is 12.6. The third kappa shape index (κ3) is 5.02. The van der Waals surface area contributed by atoms with E-state index in [4.69, 9.17) is 17.3 Å². The largest absolute Gasteiger partial charge is 0.329 e. The smallest absolute Gasteiger partial charge is 0.128 e. The molecule has 0 bridgehead atoms. The molecule has 1 aromatic carbocycles. The number of rotatable bonds is 8. The van der Waals surface area contributed by atoms with E-state index in [2.05, 4.69) is 16.7 Å². The van der Waals surface area contributed by atoms with Gasteiger partial charge in [0.1, 0.15) is 5.82 Å². The van der Waals surface area contributed by atoms with Crippen molar-refractivity contribution in [1.29, 1.82) is 0 Å². The zero-order valence-corrected chi connectivity index (χ0v) is 13.3. The minimum absolute atomic E-state index is 0.131. The fourth-order valence-electron chi connectivity index (χ4n) is 2.28. The maximum Gasteiger partial charge on any atom is 0.128 e. The molecular weight excluding hydrogens is 277 g/mol. The molecule has 0 aromatic heterocycles. The van der Waals surface area contributed by atoms with E-state index < -0.39 is 0 Å². The maximum atomic E-state index is 14.1. The van der Waals surface area contributed by atoms with Crippen molar-refractivity contribution in [2.75, 3.05) is 40.3 Å². The quantitative estimate of drug-likeness (QED) is 0.801. The van der Waals surface area contributed by atoms with Crippen LogP contribution in [0.5, 0.6) is 0 Å². The third-order valence-corrected chi connectivity index (χ3v) is 3.56. The molecule has 20 heavy (non-hydrogen) atoms. The van der Waals surface area contributed by atoms with Gasteiger partial charge < -0.3 is 10.6 Å². The van der Waals surface area contributed by atoms with Crippen molar-refractivity contribution in [3.05, 3.63) is 34.6 Å². The highest BCUT2D eigenvalue weighted by Crippen LogP contribution is 2.25. The van der Waals surface area contributed by atoms with Crippen LogP contribution >= 0.6 is 11.6 Å². The van der Waals surface area contributed by atoms with Crippen LogP contribution in [0.15, 0.2) is 18.2 Å². The van der Waals surface area contributed by atoms with Crippen LogP contribution in [-0.2, 0) is 0 Å². The van der Waals surface area contributed by atoms with Gasteiger partial charge in [0.25, 0.3) is 0 Å². The molecule has 5 heteroatoms. The summed E-state index contributed by atoms with van der Waals surface area (Å²) in [7, 11) is 4.06. The summed E-state index contributed by atoms with van der Waals surface area (Å²) in [6.45, 7) is 5.16. The Labute approximate surface area is 126 Å². The molecule has 3 nitrogen and oxygen atoms in total. The fourth-order valence-corrected chi connectivity index (χ4v) is 2.46. The fraction of sp³-hybridized carbons (Fsp3) is 0.600.